The molecule has 1 aliphatic heterocycles. The van der Waals surface area contributed by atoms with Crippen molar-refractivity contribution in [3.05, 3.63) is 54.2 Å². The maximum absolute atomic E-state index is 5.76. The highest BCUT2D eigenvalue weighted by Gasteiger charge is 2.26. The van der Waals surface area contributed by atoms with Crippen LogP contribution in [0.4, 0.5) is 0 Å². The Morgan fingerprint density at radius 1 is 1.18 bits per heavy atom. The van der Waals surface area contributed by atoms with Crippen LogP contribution >= 0.6 is 0 Å². The molecule has 2 aromatic rings. The van der Waals surface area contributed by atoms with Crippen LogP contribution in [-0.2, 0) is 0 Å². The molecule has 3 rings (SSSR count). The minimum atomic E-state index is 0.515. The van der Waals surface area contributed by atoms with Crippen LogP contribution in [0.25, 0.3) is 0 Å². The van der Waals surface area contributed by atoms with Gasteiger partial charge in [0.05, 0.1) is 0 Å². The molecule has 116 valence electrons. The number of nitrogens with zero attached hydrogens (tertiary/aromatic N) is 2. The molecule has 1 atom stereocenters. The fourth-order valence-corrected chi connectivity index (χ4v) is 3.15. The molecule has 1 saturated heterocycles. The Balaban J connectivity index is 1.68. The minimum absolute atomic E-state index is 0.515. The number of hydrogen-bond acceptors (Lipinski definition) is 3. The predicted molar refractivity (Wildman–Crippen MR) is 89.1 cm³/mol. The minimum Gasteiger partial charge on any atom is -0.439 e. The summed E-state index contributed by atoms with van der Waals surface area (Å²) in [6, 6.07) is 14.4. The first kappa shape index (κ1) is 15.0. The van der Waals surface area contributed by atoms with Gasteiger partial charge < -0.3 is 4.74 Å². The molecule has 22 heavy (non-hydrogen) atoms. The molecule has 1 aliphatic rings. The summed E-state index contributed by atoms with van der Waals surface area (Å²) < 4.78 is 5.76. The molecule has 1 aromatic carbocycles. The normalized spacial score (nSPS) is 18.8. The number of hydrogen-bond donors (Lipinski definition) is 0. The van der Waals surface area contributed by atoms with Gasteiger partial charge in [0.15, 0.2) is 0 Å². The van der Waals surface area contributed by atoms with Crippen molar-refractivity contribution in [3.63, 3.8) is 0 Å². The zero-order valence-corrected chi connectivity index (χ0v) is 13.4. The van der Waals surface area contributed by atoms with E-state index >= 15 is 0 Å². The Morgan fingerprint density at radius 2 is 2.00 bits per heavy atom. The molecule has 2 heterocycles. The van der Waals surface area contributed by atoms with E-state index < -0.39 is 0 Å². The SMILES string of the molecule is CC(C)CN1CCC[C@@H]1c1ccc(Oc2ccccc2)nc1. The van der Waals surface area contributed by atoms with Crippen molar-refractivity contribution in [3.8, 4) is 11.6 Å². The molecule has 0 saturated carbocycles. The van der Waals surface area contributed by atoms with E-state index in [1.165, 1.54) is 24.9 Å². The monoisotopic (exact) mass is 296 g/mol. The third-order valence-electron chi connectivity index (χ3n) is 4.07. The zero-order valence-electron chi connectivity index (χ0n) is 13.4. The molecule has 0 N–H and O–H groups in total. The van der Waals surface area contributed by atoms with Crippen molar-refractivity contribution in [1.29, 1.82) is 0 Å². The highest BCUT2D eigenvalue weighted by atomic mass is 16.5. The maximum Gasteiger partial charge on any atom is 0.219 e. The van der Waals surface area contributed by atoms with Gasteiger partial charge in [-0.15, -0.1) is 0 Å². The zero-order chi connectivity index (χ0) is 15.4. The topological polar surface area (TPSA) is 25.4 Å². The Kier molecular flexibility index (Phi) is 4.74. The van der Waals surface area contributed by atoms with Gasteiger partial charge in [0, 0.05) is 24.8 Å². The lowest BCUT2D eigenvalue weighted by molar-refractivity contribution is 0.228. The molecule has 0 spiro atoms. The first-order valence-corrected chi connectivity index (χ1v) is 8.15. The lowest BCUT2D eigenvalue weighted by Crippen LogP contribution is -2.27. The van der Waals surface area contributed by atoms with Crippen LogP contribution in [-0.4, -0.2) is 23.0 Å². The third-order valence-corrected chi connectivity index (χ3v) is 4.07. The number of para-hydroxylation sites is 1. The van der Waals surface area contributed by atoms with Crippen molar-refractivity contribution < 1.29 is 4.74 Å². The van der Waals surface area contributed by atoms with Crippen LogP contribution in [0.5, 0.6) is 11.6 Å². The van der Waals surface area contributed by atoms with Crippen molar-refractivity contribution in [2.45, 2.75) is 32.7 Å². The van der Waals surface area contributed by atoms with Crippen LogP contribution < -0.4 is 4.74 Å². The Hall–Kier alpha value is -1.87. The third kappa shape index (κ3) is 3.66. The Bertz CT molecular complexity index is 580. The Morgan fingerprint density at radius 3 is 2.68 bits per heavy atom. The van der Waals surface area contributed by atoms with Gasteiger partial charge in [-0.2, -0.15) is 0 Å². The average molecular weight is 296 g/mol. The lowest BCUT2D eigenvalue weighted by atomic mass is 10.1. The number of rotatable bonds is 5. The van der Waals surface area contributed by atoms with Gasteiger partial charge in [-0.3, -0.25) is 4.90 Å². The molecule has 0 amide bonds. The lowest BCUT2D eigenvalue weighted by Gasteiger charge is -2.26. The molecule has 3 nitrogen and oxygen atoms in total. The van der Waals surface area contributed by atoms with E-state index in [0.717, 1.165) is 12.3 Å². The predicted octanol–water partition coefficient (Wildman–Crippen LogP) is 4.67. The maximum atomic E-state index is 5.76. The summed E-state index contributed by atoms with van der Waals surface area (Å²) in [5.74, 6) is 2.18. The first-order chi connectivity index (χ1) is 10.7. The van der Waals surface area contributed by atoms with Crippen LogP contribution in [0.3, 0.4) is 0 Å². The van der Waals surface area contributed by atoms with Gasteiger partial charge in [-0.05, 0) is 43.0 Å². The molecule has 1 aromatic heterocycles. The van der Waals surface area contributed by atoms with Crippen molar-refractivity contribution in [1.82, 2.24) is 9.88 Å². The van der Waals surface area contributed by atoms with Crippen molar-refractivity contribution in [2.24, 2.45) is 5.92 Å². The largest absolute Gasteiger partial charge is 0.439 e. The Labute approximate surface area is 132 Å². The van der Waals surface area contributed by atoms with E-state index in [-0.39, 0.29) is 0 Å². The van der Waals surface area contributed by atoms with E-state index in [1.807, 2.05) is 42.6 Å². The molecular formula is C19H24N2O. The summed E-state index contributed by atoms with van der Waals surface area (Å²) in [7, 11) is 0. The van der Waals surface area contributed by atoms with Crippen molar-refractivity contribution >= 4 is 0 Å². The smallest absolute Gasteiger partial charge is 0.219 e. The summed E-state index contributed by atoms with van der Waals surface area (Å²) in [6.07, 6.45) is 4.48. The van der Waals surface area contributed by atoms with E-state index in [0.29, 0.717) is 17.8 Å². The number of aromatic nitrogens is 1. The highest BCUT2D eigenvalue weighted by molar-refractivity contribution is 5.28. The fourth-order valence-electron chi connectivity index (χ4n) is 3.15. The molecule has 0 unspecified atom stereocenters. The van der Waals surface area contributed by atoms with Crippen LogP contribution in [0.2, 0.25) is 0 Å². The second kappa shape index (κ2) is 6.93. The van der Waals surface area contributed by atoms with Gasteiger partial charge in [0.2, 0.25) is 5.88 Å². The van der Waals surface area contributed by atoms with Crippen molar-refractivity contribution in [2.75, 3.05) is 13.1 Å². The quantitative estimate of drug-likeness (QED) is 0.802. The second-order valence-electron chi connectivity index (χ2n) is 6.39. The summed E-state index contributed by atoms with van der Waals surface area (Å²) in [5.41, 5.74) is 1.30. The summed E-state index contributed by atoms with van der Waals surface area (Å²) >= 11 is 0. The van der Waals surface area contributed by atoms with Crippen LogP contribution in [0.1, 0.15) is 38.3 Å². The number of benzene rings is 1. The van der Waals surface area contributed by atoms with Gasteiger partial charge in [0.25, 0.3) is 0 Å². The number of ether oxygens (including phenoxy) is 1. The van der Waals surface area contributed by atoms with Crippen LogP contribution in [0, 0.1) is 5.92 Å². The van der Waals surface area contributed by atoms with E-state index in [9.17, 15) is 0 Å². The average Bonchev–Trinajstić information content (AvgIpc) is 2.96. The van der Waals surface area contributed by atoms with Crippen LogP contribution in [0.15, 0.2) is 48.7 Å². The van der Waals surface area contributed by atoms with E-state index in [2.05, 4.69) is 29.8 Å². The molecule has 3 heteroatoms. The molecular weight excluding hydrogens is 272 g/mol. The second-order valence-corrected chi connectivity index (χ2v) is 6.39. The molecule has 0 radical (unpaired) electrons. The molecule has 1 fully saturated rings. The summed E-state index contributed by atoms with van der Waals surface area (Å²) in [4.78, 5) is 7.07. The highest BCUT2D eigenvalue weighted by Crippen LogP contribution is 2.32. The fraction of sp³-hybridized carbons (Fsp3) is 0.421. The number of pyridine rings is 1. The van der Waals surface area contributed by atoms with Gasteiger partial charge in [-0.25, -0.2) is 4.98 Å². The van der Waals surface area contributed by atoms with E-state index in [1.54, 1.807) is 0 Å². The summed E-state index contributed by atoms with van der Waals surface area (Å²) in [5, 5.41) is 0. The first-order valence-electron chi connectivity index (χ1n) is 8.15. The van der Waals surface area contributed by atoms with E-state index in [4.69, 9.17) is 4.74 Å². The standard InChI is InChI=1S/C19H24N2O/c1-15(2)14-21-12-6-9-18(21)16-10-11-19(20-13-16)22-17-7-4-3-5-8-17/h3-5,7-8,10-11,13,15,18H,6,9,12,14H2,1-2H3/t18-/m1/s1. The van der Waals surface area contributed by atoms with Gasteiger partial charge >= 0.3 is 0 Å². The number of likely N-dealkylation sites (tertiary alicyclic amines) is 1. The molecule has 0 aliphatic carbocycles. The molecule has 0 bridgehead atoms. The van der Waals surface area contributed by atoms with Gasteiger partial charge in [0.1, 0.15) is 5.75 Å². The van der Waals surface area contributed by atoms with Gasteiger partial charge in [-0.1, -0.05) is 38.1 Å². The summed E-state index contributed by atoms with van der Waals surface area (Å²) in [6.45, 7) is 6.92.